The summed E-state index contributed by atoms with van der Waals surface area (Å²) in [4.78, 5) is 0. The van der Waals surface area contributed by atoms with Crippen LogP contribution >= 0.6 is 7.26 Å². The van der Waals surface area contributed by atoms with Crippen molar-refractivity contribution in [1.29, 1.82) is 0 Å². The summed E-state index contributed by atoms with van der Waals surface area (Å²) in [6.45, 7) is 12.0. The minimum absolute atomic E-state index is 0.781. The zero-order valence-corrected chi connectivity index (χ0v) is 8.49. The Bertz CT molecular complexity index is 76.6. The Balaban J connectivity index is 3.80. The van der Waals surface area contributed by atoms with E-state index >= 15 is 0 Å². The van der Waals surface area contributed by atoms with Crippen LogP contribution in [0, 0.1) is 0 Å². The Morgan fingerprint density at radius 3 is 1.78 bits per heavy atom. The predicted molar refractivity (Wildman–Crippen MR) is 50.5 cm³/mol. The molecule has 58 valence electrons. The van der Waals surface area contributed by atoms with Gasteiger partial charge in [0.05, 0.1) is 0 Å². The van der Waals surface area contributed by atoms with Gasteiger partial charge in [-0.25, -0.2) is 0 Å². The third kappa shape index (κ3) is 2.67. The van der Waals surface area contributed by atoms with E-state index in [1.165, 1.54) is 12.6 Å². The predicted octanol–water partition coefficient (Wildman–Crippen LogP) is 2.81. The maximum atomic E-state index is 2.49. The molecule has 0 spiro atoms. The molecule has 1 heteroatoms. The summed E-state index contributed by atoms with van der Waals surface area (Å²) < 4.78 is 0. The zero-order valence-electron chi connectivity index (χ0n) is 7.49. The van der Waals surface area contributed by atoms with Crippen molar-refractivity contribution in [2.24, 2.45) is 0 Å². The second-order valence-corrected chi connectivity index (χ2v) is 9.32. The van der Waals surface area contributed by atoms with Crippen LogP contribution in [-0.2, 0) is 0 Å². The van der Waals surface area contributed by atoms with E-state index in [0.717, 1.165) is 5.66 Å². The molecule has 0 heterocycles. The molecule has 0 amide bonds. The monoisotopic (exact) mass is 148 g/mol. The Morgan fingerprint density at radius 1 is 1.22 bits per heavy atom. The topological polar surface area (TPSA) is 0 Å². The quantitative estimate of drug-likeness (QED) is 0.540. The van der Waals surface area contributed by atoms with Crippen LogP contribution in [0.15, 0.2) is 0 Å². The first-order valence-electron chi connectivity index (χ1n) is 4.04. The van der Waals surface area contributed by atoms with Gasteiger partial charge >= 0.3 is 59.6 Å². The van der Waals surface area contributed by atoms with Gasteiger partial charge in [-0.2, -0.15) is 0 Å². The van der Waals surface area contributed by atoms with Gasteiger partial charge in [-0.3, -0.25) is 0 Å². The summed E-state index contributed by atoms with van der Waals surface area (Å²) in [5.74, 6) is 0. The normalized spacial score (nSPS) is 17.4. The van der Waals surface area contributed by atoms with Crippen LogP contribution in [0.5, 0.6) is 0 Å². The van der Waals surface area contributed by atoms with E-state index in [1.54, 1.807) is 0 Å². The van der Waals surface area contributed by atoms with Crippen molar-refractivity contribution in [3.05, 3.63) is 0 Å². The number of hydrogen-bond donors (Lipinski definition) is 0. The van der Waals surface area contributed by atoms with Gasteiger partial charge in [-0.1, -0.05) is 0 Å². The molecule has 0 N–H and O–H groups in total. The molecular weight excluding hydrogens is 127 g/mol. The van der Waals surface area contributed by atoms with Crippen molar-refractivity contribution >= 4 is 7.26 Å². The fourth-order valence-corrected chi connectivity index (χ4v) is 2.70. The van der Waals surface area contributed by atoms with Crippen molar-refractivity contribution < 1.29 is 0 Å². The molecule has 1 atom stereocenters. The second kappa shape index (κ2) is 3.56. The fourth-order valence-electron chi connectivity index (χ4n) is 0.901. The van der Waals surface area contributed by atoms with Crippen molar-refractivity contribution in [1.82, 2.24) is 0 Å². The van der Waals surface area contributed by atoms with Crippen LogP contribution in [0.4, 0.5) is 0 Å². The van der Waals surface area contributed by atoms with Crippen molar-refractivity contribution in [3.63, 3.8) is 0 Å². The number of rotatable bonds is 3. The minimum atomic E-state index is -0.781. The van der Waals surface area contributed by atoms with E-state index in [0.29, 0.717) is 0 Å². The van der Waals surface area contributed by atoms with Gasteiger partial charge < -0.3 is 0 Å². The van der Waals surface area contributed by atoms with Crippen molar-refractivity contribution in [3.8, 4) is 0 Å². The van der Waals surface area contributed by atoms with Crippen LogP contribution in [0.25, 0.3) is 0 Å². The third-order valence-corrected chi connectivity index (χ3v) is 7.76. The molecule has 0 bridgehead atoms. The zero-order chi connectivity index (χ0) is 7.49. The summed E-state index contributed by atoms with van der Waals surface area (Å²) in [5.41, 5.74) is 1.00. The van der Waals surface area contributed by atoms with Crippen LogP contribution in [-0.4, -0.2) is 25.2 Å². The Morgan fingerprint density at radius 2 is 1.67 bits per heavy atom. The van der Waals surface area contributed by atoms with Crippen molar-refractivity contribution in [2.75, 3.05) is 19.5 Å². The maximum absolute atomic E-state index is 2.49. The molecule has 0 saturated carbocycles. The first-order chi connectivity index (χ1) is 4.04. The molecule has 0 aliphatic rings. The van der Waals surface area contributed by atoms with Gasteiger partial charge in [-0.15, -0.1) is 0 Å². The van der Waals surface area contributed by atoms with Gasteiger partial charge in [0.25, 0.3) is 0 Å². The van der Waals surface area contributed by atoms with E-state index < -0.39 is 7.26 Å². The van der Waals surface area contributed by atoms with E-state index in [4.69, 9.17) is 0 Å². The Kier molecular flexibility index (Phi) is 3.73. The molecule has 1 unspecified atom stereocenters. The Hall–Kier alpha value is 0.430. The molecule has 0 aliphatic heterocycles. The van der Waals surface area contributed by atoms with E-state index in [9.17, 15) is 0 Å². The fraction of sp³-hybridized carbons (Fsp3) is 1.00. The molecule has 0 saturated heterocycles. The third-order valence-electron chi connectivity index (χ3n) is 2.86. The SMILES string of the molecule is CCC(C)[PH](C)(C)CC. The second-order valence-electron chi connectivity index (χ2n) is 3.65. The van der Waals surface area contributed by atoms with Gasteiger partial charge in [0.15, 0.2) is 0 Å². The first-order valence-corrected chi connectivity index (χ1v) is 7.33. The average molecular weight is 148 g/mol. The summed E-state index contributed by atoms with van der Waals surface area (Å²) >= 11 is 0. The molecule has 0 radical (unpaired) electrons. The van der Waals surface area contributed by atoms with E-state index in [2.05, 4.69) is 34.1 Å². The van der Waals surface area contributed by atoms with Crippen LogP contribution < -0.4 is 0 Å². The van der Waals surface area contributed by atoms with Crippen LogP contribution in [0.2, 0.25) is 0 Å². The molecule has 0 aromatic carbocycles. The van der Waals surface area contributed by atoms with Crippen LogP contribution in [0.1, 0.15) is 27.2 Å². The van der Waals surface area contributed by atoms with Gasteiger partial charge in [0.1, 0.15) is 0 Å². The molecule has 0 fully saturated rings. The molecule has 9 heavy (non-hydrogen) atoms. The summed E-state index contributed by atoms with van der Waals surface area (Å²) in [6.07, 6.45) is 2.80. The molecule has 0 rings (SSSR count). The van der Waals surface area contributed by atoms with E-state index in [-0.39, 0.29) is 0 Å². The average Bonchev–Trinajstić information content (AvgIpc) is 1.86. The Labute approximate surface area is 60.4 Å². The standard InChI is InChI=1S/C8H21P/c1-6-8(3)9(4,5)7-2/h8-9H,6-7H2,1-5H3. The first kappa shape index (κ1) is 9.43. The van der Waals surface area contributed by atoms with Gasteiger partial charge in [0.2, 0.25) is 0 Å². The summed E-state index contributed by atoms with van der Waals surface area (Å²) in [6, 6.07) is 0. The van der Waals surface area contributed by atoms with Crippen molar-refractivity contribution in [2.45, 2.75) is 32.9 Å². The molecular formula is C8H21P. The summed E-state index contributed by atoms with van der Waals surface area (Å²) in [7, 11) is -0.781. The van der Waals surface area contributed by atoms with Gasteiger partial charge in [0, 0.05) is 0 Å². The van der Waals surface area contributed by atoms with Crippen LogP contribution in [0.3, 0.4) is 0 Å². The van der Waals surface area contributed by atoms with Gasteiger partial charge in [-0.05, 0) is 0 Å². The molecule has 0 aliphatic carbocycles. The molecule has 0 aromatic heterocycles. The molecule has 0 nitrogen and oxygen atoms in total. The summed E-state index contributed by atoms with van der Waals surface area (Å²) in [5, 5.41) is 0. The number of hydrogen-bond acceptors (Lipinski definition) is 0. The van der Waals surface area contributed by atoms with E-state index in [1.807, 2.05) is 0 Å². The molecule has 0 aromatic rings.